The van der Waals surface area contributed by atoms with Gasteiger partial charge in [0.15, 0.2) is 0 Å². The number of hydrogen-bond acceptors (Lipinski definition) is 1. The Kier molecular flexibility index (Phi) is 6.77. The maximum Gasteiger partial charge on any atom is 0.222 e. The molecule has 2 heteroatoms. The standard InChI is InChI=1S/C16H27NO/c1-4-16(18)17(13-14(2)3)12-8-11-15-9-6-5-7-10-15/h5-6,8,11,14-15H,4,7,9-10,12-13H2,1-3H3/b11-8+. The van der Waals surface area contributed by atoms with Crippen molar-refractivity contribution >= 4 is 5.91 Å². The molecule has 1 aliphatic carbocycles. The Hall–Kier alpha value is -1.05. The molecule has 0 saturated heterocycles. The highest BCUT2D eigenvalue weighted by atomic mass is 16.2. The van der Waals surface area contributed by atoms with Gasteiger partial charge in [-0.1, -0.05) is 45.1 Å². The Labute approximate surface area is 112 Å². The molecule has 0 spiro atoms. The molecule has 0 radical (unpaired) electrons. The zero-order valence-electron chi connectivity index (χ0n) is 12.1. The lowest BCUT2D eigenvalue weighted by molar-refractivity contribution is -0.130. The molecule has 0 aliphatic heterocycles. The van der Waals surface area contributed by atoms with Gasteiger partial charge in [0, 0.05) is 19.5 Å². The highest BCUT2D eigenvalue weighted by Crippen LogP contribution is 2.19. The van der Waals surface area contributed by atoms with Crippen LogP contribution in [0.1, 0.15) is 46.5 Å². The van der Waals surface area contributed by atoms with Gasteiger partial charge < -0.3 is 4.90 Å². The van der Waals surface area contributed by atoms with Crippen LogP contribution in [0.4, 0.5) is 0 Å². The molecule has 0 N–H and O–H groups in total. The number of nitrogens with zero attached hydrogens (tertiary/aromatic N) is 1. The van der Waals surface area contributed by atoms with E-state index in [-0.39, 0.29) is 5.91 Å². The molecule has 1 unspecified atom stereocenters. The molecule has 0 fully saturated rings. The van der Waals surface area contributed by atoms with Crippen LogP contribution in [0.3, 0.4) is 0 Å². The fourth-order valence-corrected chi connectivity index (χ4v) is 2.31. The first-order valence-electron chi connectivity index (χ1n) is 7.23. The SMILES string of the molecule is CCC(=O)N(C/C=C/C1CC=CCC1)CC(C)C. The van der Waals surface area contributed by atoms with E-state index < -0.39 is 0 Å². The third-order valence-electron chi connectivity index (χ3n) is 3.28. The van der Waals surface area contributed by atoms with Gasteiger partial charge in [0.1, 0.15) is 0 Å². The quantitative estimate of drug-likeness (QED) is 0.656. The van der Waals surface area contributed by atoms with Crippen molar-refractivity contribution < 1.29 is 4.79 Å². The van der Waals surface area contributed by atoms with Crippen LogP contribution in [0.2, 0.25) is 0 Å². The van der Waals surface area contributed by atoms with Gasteiger partial charge in [-0.15, -0.1) is 0 Å². The summed E-state index contributed by atoms with van der Waals surface area (Å²) in [5, 5.41) is 0. The van der Waals surface area contributed by atoms with E-state index in [4.69, 9.17) is 0 Å². The molecule has 0 bridgehead atoms. The first-order chi connectivity index (χ1) is 8.63. The summed E-state index contributed by atoms with van der Waals surface area (Å²) in [4.78, 5) is 13.8. The molecule has 102 valence electrons. The summed E-state index contributed by atoms with van der Waals surface area (Å²) in [5.74, 6) is 1.47. The summed E-state index contributed by atoms with van der Waals surface area (Å²) in [5.41, 5.74) is 0. The topological polar surface area (TPSA) is 20.3 Å². The lowest BCUT2D eigenvalue weighted by Gasteiger charge is -2.23. The predicted molar refractivity (Wildman–Crippen MR) is 77.3 cm³/mol. The highest BCUT2D eigenvalue weighted by molar-refractivity contribution is 5.75. The summed E-state index contributed by atoms with van der Waals surface area (Å²) in [6.07, 6.45) is 13.2. The molecule has 1 atom stereocenters. The lowest BCUT2D eigenvalue weighted by atomic mass is 9.94. The normalized spacial score (nSPS) is 19.7. The Morgan fingerprint density at radius 1 is 1.44 bits per heavy atom. The van der Waals surface area contributed by atoms with Gasteiger partial charge >= 0.3 is 0 Å². The molecule has 2 nitrogen and oxygen atoms in total. The van der Waals surface area contributed by atoms with E-state index >= 15 is 0 Å². The minimum Gasteiger partial charge on any atom is -0.339 e. The van der Waals surface area contributed by atoms with Gasteiger partial charge in [0.2, 0.25) is 5.91 Å². The van der Waals surface area contributed by atoms with Crippen molar-refractivity contribution in [2.75, 3.05) is 13.1 Å². The van der Waals surface area contributed by atoms with Gasteiger partial charge in [0.05, 0.1) is 0 Å². The monoisotopic (exact) mass is 249 g/mol. The number of carbonyl (C=O) groups is 1. The summed E-state index contributed by atoms with van der Waals surface area (Å²) < 4.78 is 0. The van der Waals surface area contributed by atoms with Crippen LogP contribution in [0.15, 0.2) is 24.3 Å². The first kappa shape index (κ1) is 15.0. The fourth-order valence-electron chi connectivity index (χ4n) is 2.31. The van der Waals surface area contributed by atoms with Gasteiger partial charge in [-0.05, 0) is 31.1 Å². The molecular weight excluding hydrogens is 222 g/mol. The van der Waals surface area contributed by atoms with Crippen LogP contribution in [-0.4, -0.2) is 23.9 Å². The maximum absolute atomic E-state index is 11.8. The molecule has 0 heterocycles. The van der Waals surface area contributed by atoms with Gasteiger partial charge in [-0.3, -0.25) is 4.79 Å². The van der Waals surface area contributed by atoms with Crippen molar-refractivity contribution in [3.8, 4) is 0 Å². The molecular formula is C16H27NO. The van der Waals surface area contributed by atoms with E-state index in [2.05, 4.69) is 38.2 Å². The number of carbonyl (C=O) groups excluding carboxylic acids is 1. The van der Waals surface area contributed by atoms with Crippen LogP contribution < -0.4 is 0 Å². The Bertz CT molecular complexity index is 304. The van der Waals surface area contributed by atoms with Crippen LogP contribution in [0, 0.1) is 11.8 Å². The van der Waals surface area contributed by atoms with Crippen molar-refractivity contribution in [3.63, 3.8) is 0 Å². The molecule has 1 rings (SSSR count). The smallest absolute Gasteiger partial charge is 0.222 e. The number of hydrogen-bond donors (Lipinski definition) is 0. The van der Waals surface area contributed by atoms with Crippen LogP contribution in [0.25, 0.3) is 0 Å². The maximum atomic E-state index is 11.8. The second-order valence-electron chi connectivity index (χ2n) is 5.52. The molecule has 18 heavy (non-hydrogen) atoms. The third kappa shape index (κ3) is 5.52. The molecule has 0 aromatic rings. The summed E-state index contributed by atoms with van der Waals surface area (Å²) in [6, 6.07) is 0. The van der Waals surface area contributed by atoms with E-state index in [1.54, 1.807) is 0 Å². The zero-order chi connectivity index (χ0) is 13.4. The minimum atomic E-state index is 0.261. The van der Waals surface area contributed by atoms with E-state index in [9.17, 15) is 4.79 Å². The van der Waals surface area contributed by atoms with Gasteiger partial charge in [-0.25, -0.2) is 0 Å². The van der Waals surface area contributed by atoms with Crippen LogP contribution in [0.5, 0.6) is 0 Å². The van der Waals surface area contributed by atoms with E-state index in [0.717, 1.165) is 19.5 Å². The van der Waals surface area contributed by atoms with Crippen LogP contribution >= 0.6 is 0 Å². The Balaban J connectivity index is 2.42. The predicted octanol–water partition coefficient (Wildman–Crippen LogP) is 3.79. The van der Waals surface area contributed by atoms with Crippen molar-refractivity contribution in [1.29, 1.82) is 0 Å². The molecule has 1 amide bonds. The number of allylic oxidation sites excluding steroid dienone is 3. The minimum absolute atomic E-state index is 0.261. The molecule has 0 aromatic carbocycles. The van der Waals surface area contributed by atoms with Crippen LogP contribution in [-0.2, 0) is 4.79 Å². The molecule has 1 aliphatic rings. The zero-order valence-corrected chi connectivity index (χ0v) is 12.1. The van der Waals surface area contributed by atoms with Crippen molar-refractivity contribution in [3.05, 3.63) is 24.3 Å². The van der Waals surface area contributed by atoms with E-state index in [1.165, 1.54) is 12.8 Å². The summed E-state index contributed by atoms with van der Waals surface area (Å²) >= 11 is 0. The first-order valence-corrected chi connectivity index (χ1v) is 7.23. The highest BCUT2D eigenvalue weighted by Gasteiger charge is 2.11. The fraction of sp³-hybridized carbons (Fsp3) is 0.688. The van der Waals surface area contributed by atoms with Crippen molar-refractivity contribution in [2.24, 2.45) is 11.8 Å². The van der Waals surface area contributed by atoms with Crippen molar-refractivity contribution in [2.45, 2.75) is 46.5 Å². The average Bonchev–Trinajstić information content (AvgIpc) is 2.37. The summed E-state index contributed by atoms with van der Waals surface area (Å²) in [7, 11) is 0. The summed E-state index contributed by atoms with van der Waals surface area (Å²) in [6.45, 7) is 7.88. The average molecular weight is 249 g/mol. The van der Waals surface area contributed by atoms with E-state index in [0.29, 0.717) is 18.3 Å². The Morgan fingerprint density at radius 3 is 2.78 bits per heavy atom. The third-order valence-corrected chi connectivity index (χ3v) is 3.28. The van der Waals surface area contributed by atoms with Gasteiger partial charge in [0.25, 0.3) is 0 Å². The second-order valence-corrected chi connectivity index (χ2v) is 5.52. The largest absolute Gasteiger partial charge is 0.339 e. The lowest BCUT2D eigenvalue weighted by Crippen LogP contribution is -2.33. The number of amides is 1. The Morgan fingerprint density at radius 2 is 2.22 bits per heavy atom. The van der Waals surface area contributed by atoms with Crippen molar-refractivity contribution in [1.82, 2.24) is 4.90 Å². The number of rotatable bonds is 6. The molecule has 0 saturated carbocycles. The molecule has 0 aromatic heterocycles. The van der Waals surface area contributed by atoms with Gasteiger partial charge in [-0.2, -0.15) is 0 Å². The second kappa shape index (κ2) is 8.12. The van der Waals surface area contributed by atoms with E-state index in [1.807, 2.05) is 11.8 Å².